The van der Waals surface area contributed by atoms with Gasteiger partial charge in [0.2, 0.25) is 5.82 Å². The molecule has 0 atom stereocenters. The number of nitro benzene ring substituents is 1. The molecule has 0 spiro atoms. The van der Waals surface area contributed by atoms with Crippen molar-refractivity contribution >= 4 is 5.69 Å². The Bertz CT molecular complexity index is 349. The second-order valence-electron chi connectivity index (χ2n) is 2.50. The van der Waals surface area contributed by atoms with Crippen molar-refractivity contribution in [2.45, 2.75) is 6.42 Å². The number of nitro groups is 1. The Balaban J connectivity index is 3.17. The largest absolute Gasteiger partial charge is 0.305 e. The van der Waals surface area contributed by atoms with Crippen LogP contribution < -0.4 is 0 Å². The number of halogens is 1. The molecule has 0 aliphatic heterocycles. The summed E-state index contributed by atoms with van der Waals surface area (Å²) >= 11 is 0. The standard InChI is InChI=1S/C9H8FNO2/c1-2-4-7-5-3-6-8(9(7)10)11(12)13/h2-3,5-6H,1,4H2. The van der Waals surface area contributed by atoms with Crippen molar-refractivity contribution in [3.63, 3.8) is 0 Å². The molecule has 0 aliphatic rings. The number of benzene rings is 1. The van der Waals surface area contributed by atoms with E-state index in [1.807, 2.05) is 0 Å². The van der Waals surface area contributed by atoms with Crippen molar-refractivity contribution in [3.05, 3.63) is 52.3 Å². The monoisotopic (exact) mass is 181 g/mol. The molecule has 0 bridgehead atoms. The fourth-order valence-corrected chi connectivity index (χ4v) is 1.02. The summed E-state index contributed by atoms with van der Waals surface area (Å²) in [5.74, 6) is -0.771. The Morgan fingerprint density at radius 2 is 2.31 bits per heavy atom. The molecule has 3 nitrogen and oxygen atoms in total. The minimum atomic E-state index is -0.771. The number of hydrogen-bond acceptors (Lipinski definition) is 2. The Hall–Kier alpha value is -1.71. The highest BCUT2D eigenvalue weighted by atomic mass is 19.1. The highest BCUT2D eigenvalue weighted by molar-refractivity contribution is 5.37. The summed E-state index contributed by atoms with van der Waals surface area (Å²) in [5, 5.41) is 10.3. The van der Waals surface area contributed by atoms with Crippen LogP contribution in [-0.2, 0) is 6.42 Å². The first-order valence-electron chi connectivity index (χ1n) is 3.69. The highest BCUT2D eigenvalue weighted by Crippen LogP contribution is 2.20. The lowest BCUT2D eigenvalue weighted by Gasteiger charge is -1.99. The molecule has 0 fully saturated rings. The first kappa shape index (κ1) is 9.38. The van der Waals surface area contributed by atoms with Gasteiger partial charge in [-0.05, 0) is 12.0 Å². The molecule has 0 heterocycles. The number of nitrogens with zero attached hydrogens (tertiary/aromatic N) is 1. The molecule has 0 saturated carbocycles. The van der Waals surface area contributed by atoms with Gasteiger partial charge in [0.15, 0.2) is 0 Å². The van der Waals surface area contributed by atoms with Crippen LogP contribution in [0.2, 0.25) is 0 Å². The third-order valence-electron chi connectivity index (χ3n) is 1.62. The van der Waals surface area contributed by atoms with Gasteiger partial charge in [0.05, 0.1) is 4.92 Å². The van der Waals surface area contributed by atoms with Gasteiger partial charge in [-0.25, -0.2) is 0 Å². The fraction of sp³-hybridized carbons (Fsp3) is 0.111. The van der Waals surface area contributed by atoms with Crippen LogP contribution in [-0.4, -0.2) is 4.92 Å². The third-order valence-corrected chi connectivity index (χ3v) is 1.62. The summed E-state index contributed by atoms with van der Waals surface area (Å²) in [6, 6.07) is 4.10. The summed E-state index contributed by atoms with van der Waals surface area (Å²) in [6.45, 7) is 3.44. The summed E-state index contributed by atoms with van der Waals surface area (Å²) < 4.78 is 13.2. The molecule has 0 aromatic heterocycles. The molecule has 13 heavy (non-hydrogen) atoms. The van der Waals surface area contributed by atoms with Gasteiger partial charge in [-0.1, -0.05) is 18.2 Å². The molecule has 0 N–H and O–H groups in total. The minimum absolute atomic E-state index is 0.296. The molecule has 4 heteroatoms. The van der Waals surface area contributed by atoms with E-state index in [1.165, 1.54) is 18.2 Å². The SMILES string of the molecule is C=CCc1cccc([N+](=O)[O-])c1F. The molecule has 0 saturated heterocycles. The van der Waals surface area contributed by atoms with Crippen molar-refractivity contribution < 1.29 is 9.31 Å². The third kappa shape index (κ3) is 1.90. The van der Waals surface area contributed by atoms with Crippen LogP contribution in [0.15, 0.2) is 30.9 Å². The van der Waals surface area contributed by atoms with Crippen LogP contribution in [0, 0.1) is 15.9 Å². The normalized spacial score (nSPS) is 9.62. The van der Waals surface area contributed by atoms with E-state index in [2.05, 4.69) is 6.58 Å². The predicted molar refractivity (Wildman–Crippen MR) is 47.0 cm³/mol. The van der Waals surface area contributed by atoms with Crippen molar-refractivity contribution in [1.82, 2.24) is 0 Å². The summed E-state index contributed by atoms with van der Waals surface area (Å²) in [7, 11) is 0. The van der Waals surface area contributed by atoms with E-state index in [1.54, 1.807) is 0 Å². The van der Waals surface area contributed by atoms with E-state index in [0.717, 1.165) is 6.07 Å². The zero-order valence-corrected chi connectivity index (χ0v) is 6.87. The number of allylic oxidation sites excluding steroid dienone is 1. The first-order valence-corrected chi connectivity index (χ1v) is 3.69. The van der Waals surface area contributed by atoms with E-state index in [4.69, 9.17) is 0 Å². The lowest BCUT2D eigenvalue weighted by molar-refractivity contribution is -0.387. The van der Waals surface area contributed by atoms with Crippen molar-refractivity contribution in [2.75, 3.05) is 0 Å². The highest BCUT2D eigenvalue weighted by Gasteiger charge is 2.15. The molecule has 0 amide bonds. The quantitative estimate of drug-likeness (QED) is 0.408. The average molecular weight is 181 g/mol. The maximum atomic E-state index is 13.2. The molecule has 0 radical (unpaired) electrons. The van der Waals surface area contributed by atoms with Crippen LogP contribution in [0.4, 0.5) is 10.1 Å². The molecule has 0 unspecified atom stereocenters. The van der Waals surface area contributed by atoms with E-state index in [0.29, 0.717) is 12.0 Å². The van der Waals surface area contributed by atoms with Gasteiger partial charge in [-0.15, -0.1) is 6.58 Å². The summed E-state index contributed by atoms with van der Waals surface area (Å²) in [5.41, 5.74) is -0.191. The van der Waals surface area contributed by atoms with Gasteiger partial charge in [0.1, 0.15) is 0 Å². The van der Waals surface area contributed by atoms with Gasteiger partial charge in [0.25, 0.3) is 0 Å². The van der Waals surface area contributed by atoms with E-state index in [-0.39, 0.29) is 0 Å². The average Bonchev–Trinajstić information content (AvgIpc) is 2.08. The van der Waals surface area contributed by atoms with Crippen molar-refractivity contribution in [3.8, 4) is 0 Å². The van der Waals surface area contributed by atoms with Gasteiger partial charge in [0, 0.05) is 6.07 Å². The molecule has 1 aromatic rings. The van der Waals surface area contributed by atoms with Gasteiger partial charge >= 0.3 is 5.69 Å². The fourth-order valence-electron chi connectivity index (χ4n) is 1.02. The maximum Gasteiger partial charge on any atom is 0.305 e. The van der Waals surface area contributed by atoms with Crippen molar-refractivity contribution in [2.24, 2.45) is 0 Å². The maximum absolute atomic E-state index is 13.2. The summed E-state index contributed by atoms with van der Waals surface area (Å²) in [4.78, 5) is 9.58. The Morgan fingerprint density at radius 1 is 1.62 bits per heavy atom. The molecule has 68 valence electrons. The summed E-state index contributed by atoms with van der Waals surface area (Å²) in [6.07, 6.45) is 1.80. The molecular formula is C9H8FNO2. The van der Waals surface area contributed by atoms with Gasteiger partial charge in [-0.2, -0.15) is 4.39 Å². The minimum Gasteiger partial charge on any atom is -0.258 e. The van der Waals surface area contributed by atoms with Crippen LogP contribution in [0.5, 0.6) is 0 Å². The Kier molecular flexibility index (Phi) is 2.74. The van der Waals surface area contributed by atoms with E-state index in [9.17, 15) is 14.5 Å². The number of hydrogen-bond donors (Lipinski definition) is 0. The zero-order chi connectivity index (χ0) is 9.84. The second-order valence-corrected chi connectivity index (χ2v) is 2.50. The lowest BCUT2D eigenvalue weighted by Crippen LogP contribution is -1.96. The smallest absolute Gasteiger partial charge is 0.258 e. The van der Waals surface area contributed by atoms with E-state index < -0.39 is 16.4 Å². The molecule has 1 aromatic carbocycles. The Morgan fingerprint density at radius 3 is 2.85 bits per heavy atom. The van der Waals surface area contributed by atoms with Crippen molar-refractivity contribution in [1.29, 1.82) is 0 Å². The van der Waals surface area contributed by atoms with Crippen LogP contribution in [0.25, 0.3) is 0 Å². The first-order chi connectivity index (χ1) is 6.16. The Labute approximate surface area is 74.7 Å². The van der Waals surface area contributed by atoms with Gasteiger partial charge < -0.3 is 0 Å². The second kappa shape index (κ2) is 3.80. The van der Waals surface area contributed by atoms with Gasteiger partial charge in [-0.3, -0.25) is 10.1 Å². The van der Waals surface area contributed by atoms with Crippen LogP contribution in [0.3, 0.4) is 0 Å². The van der Waals surface area contributed by atoms with E-state index >= 15 is 0 Å². The van der Waals surface area contributed by atoms with Crippen LogP contribution >= 0.6 is 0 Å². The zero-order valence-electron chi connectivity index (χ0n) is 6.87. The molecule has 0 aliphatic carbocycles. The topological polar surface area (TPSA) is 43.1 Å². The predicted octanol–water partition coefficient (Wildman–Crippen LogP) is 2.46. The molecule has 1 rings (SSSR count). The number of rotatable bonds is 3. The molecular weight excluding hydrogens is 173 g/mol. The van der Waals surface area contributed by atoms with Crippen LogP contribution in [0.1, 0.15) is 5.56 Å². The lowest BCUT2D eigenvalue weighted by atomic mass is 10.1.